The third kappa shape index (κ3) is 3.41. The molecule has 0 aromatic heterocycles. The lowest BCUT2D eigenvalue weighted by Crippen LogP contribution is -2.22. The van der Waals surface area contributed by atoms with Crippen LogP contribution < -0.4 is 5.73 Å². The summed E-state index contributed by atoms with van der Waals surface area (Å²) in [5.74, 6) is -1.13. The Balaban J connectivity index is 2.51. The van der Waals surface area contributed by atoms with E-state index in [1.165, 1.54) is 6.07 Å². The van der Waals surface area contributed by atoms with E-state index in [1.807, 2.05) is 0 Å². The lowest BCUT2D eigenvalue weighted by molar-refractivity contribution is 0.142. The summed E-state index contributed by atoms with van der Waals surface area (Å²) in [6.45, 7) is 0.0748. The lowest BCUT2D eigenvalue weighted by Gasteiger charge is -2.25. The highest BCUT2D eigenvalue weighted by molar-refractivity contribution is 9.10. The lowest BCUT2D eigenvalue weighted by atomic mass is 9.89. The van der Waals surface area contributed by atoms with Crippen LogP contribution in [0.25, 0.3) is 0 Å². The molecule has 21 heavy (non-hydrogen) atoms. The predicted molar refractivity (Wildman–Crippen MR) is 87.3 cm³/mol. The van der Waals surface area contributed by atoms with Crippen molar-refractivity contribution in [3.8, 4) is 0 Å². The van der Waals surface area contributed by atoms with E-state index >= 15 is 0 Å². The topological polar surface area (TPSA) is 46.2 Å². The zero-order valence-electron chi connectivity index (χ0n) is 10.9. The van der Waals surface area contributed by atoms with E-state index < -0.39 is 17.8 Å². The van der Waals surface area contributed by atoms with Crippen LogP contribution in [0.4, 0.5) is 4.39 Å². The van der Waals surface area contributed by atoms with Crippen LogP contribution >= 0.6 is 39.1 Å². The van der Waals surface area contributed by atoms with Crippen LogP contribution in [0.5, 0.6) is 0 Å². The molecule has 112 valence electrons. The van der Waals surface area contributed by atoms with Crippen LogP contribution in [-0.2, 0) is 0 Å². The van der Waals surface area contributed by atoms with E-state index in [-0.39, 0.29) is 12.1 Å². The Bertz CT molecular complexity index is 613. The van der Waals surface area contributed by atoms with Gasteiger partial charge in [0.2, 0.25) is 0 Å². The largest absolute Gasteiger partial charge is 0.388 e. The second-order valence-corrected chi connectivity index (χ2v) is 6.23. The zero-order chi connectivity index (χ0) is 15.6. The van der Waals surface area contributed by atoms with Gasteiger partial charge in [0, 0.05) is 32.5 Å². The molecule has 6 heteroatoms. The number of hydrogen-bond donors (Lipinski definition) is 2. The van der Waals surface area contributed by atoms with Crippen LogP contribution in [0.15, 0.2) is 40.9 Å². The Kier molecular flexibility index (Phi) is 5.63. The Hall–Kier alpha value is -0.650. The van der Waals surface area contributed by atoms with Crippen LogP contribution in [0.3, 0.4) is 0 Å². The maximum absolute atomic E-state index is 14.0. The van der Waals surface area contributed by atoms with Gasteiger partial charge >= 0.3 is 0 Å². The van der Waals surface area contributed by atoms with E-state index in [9.17, 15) is 9.50 Å². The molecule has 0 amide bonds. The number of aliphatic hydroxyl groups excluding tert-OH is 1. The van der Waals surface area contributed by atoms with E-state index in [0.29, 0.717) is 20.1 Å². The van der Waals surface area contributed by atoms with Gasteiger partial charge in [-0.3, -0.25) is 0 Å². The number of rotatable bonds is 4. The molecule has 0 bridgehead atoms. The highest BCUT2D eigenvalue weighted by Gasteiger charge is 2.29. The molecule has 0 heterocycles. The molecular formula is C15H13BrCl2FNO. The number of hydrogen-bond acceptors (Lipinski definition) is 2. The molecule has 2 aromatic carbocycles. The average Bonchev–Trinajstić information content (AvgIpc) is 2.42. The van der Waals surface area contributed by atoms with Crippen LogP contribution in [-0.4, -0.2) is 11.7 Å². The normalized spacial score (nSPS) is 14.0. The van der Waals surface area contributed by atoms with E-state index in [0.717, 1.165) is 0 Å². The summed E-state index contributed by atoms with van der Waals surface area (Å²) < 4.78 is 14.5. The number of nitrogens with two attached hydrogens (primary N) is 1. The smallest absolute Gasteiger partial charge is 0.130 e. The predicted octanol–water partition coefficient (Wildman–Crippen LogP) is 4.67. The molecule has 0 fully saturated rings. The molecule has 0 aliphatic rings. The maximum atomic E-state index is 14.0. The summed E-state index contributed by atoms with van der Waals surface area (Å²) in [7, 11) is 0. The maximum Gasteiger partial charge on any atom is 0.130 e. The number of halogens is 4. The van der Waals surface area contributed by atoms with Crippen molar-refractivity contribution in [2.24, 2.45) is 5.73 Å². The summed E-state index contributed by atoms with van der Waals surface area (Å²) in [4.78, 5) is 0. The third-order valence-electron chi connectivity index (χ3n) is 3.30. The van der Waals surface area contributed by atoms with Gasteiger partial charge in [-0.05, 0) is 29.8 Å². The van der Waals surface area contributed by atoms with Crippen LogP contribution in [0.2, 0.25) is 10.0 Å². The molecule has 0 aliphatic carbocycles. The third-order valence-corrected chi connectivity index (χ3v) is 4.65. The van der Waals surface area contributed by atoms with Gasteiger partial charge in [-0.1, -0.05) is 51.3 Å². The van der Waals surface area contributed by atoms with Gasteiger partial charge in [0.25, 0.3) is 0 Å². The molecule has 0 saturated carbocycles. The molecular weight excluding hydrogens is 380 g/mol. The Morgan fingerprint density at radius 3 is 2.19 bits per heavy atom. The molecule has 0 radical (unpaired) electrons. The molecule has 3 N–H and O–H groups in total. The van der Waals surface area contributed by atoms with Crippen molar-refractivity contribution >= 4 is 39.1 Å². The fourth-order valence-electron chi connectivity index (χ4n) is 2.26. The summed E-state index contributed by atoms with van der Waals surface area (Å²) in [6.07, 6.45) is -1.16. The van der Waals surface area contributed by atoms with Crippen molar-refractivity contribution < 1.29 is 9.50 Å². The van der Waals surface area contributed by atoms with Crippen LogP contribution in [0, 0.1) is 5.82 Å². The fraction of sp³-hybridized carbons (Fsp3) is 0.200. The van der Waals surface area contributed by atoms with Crippen molar-refractivity contribution in [2.75, 3.05) is 6.54 Å². The summed E-state index contributed by atoms with van der Waals surface area (Å²) >= 11 is 15.6. The van der Waals surface area contributed by atoms with E-state index in [2.05, 4.69) is 15.9 Å². The highest BCUT2D eigenvalue weighted by atomic mass is 79.9. The van der Waals surface area contributed by atoms with Gasteiger partial charge < -0.3 is 10.8 Å². The zero-order valence-corrected chi connectivity index (χ0v) is 14.0. The first-order valence-corrected chi connectivity index (χ1v) is 7.78. The number of aliphatic hydroxyl groups is 1. The molecule has 0 spiro atoms. The minimum absolute atomic E-state index is 0.0748. The summed E-state index contributed by atoms with van der Waals surface area (Å²) in [5.41, 5.74) is 6.43. The van der Waals surface area contributed by atoms with E-state index in [4.69, 9.17) is 28.9 Å². The quantitative estimate of drug-likeness (QED) is 0.793. The minimum Gasteiger partial charge on any atom is -0.388 e. The van der Waals surface area contributed by atoms with Gasteiger partial charge in [0.05, 0.1) is 6.10 Å². The SMILES string of the molecule is NCC(c1c(Cl)cccc1Cl)C(O)c1c(F)cccc1Br. The molecule has 2 rings (SSSR count). The Labute approximate surface area is 140 Å². The van der Waals surface area contributed by atoms with Gasteiger partial charge in [-0.15, -0.1) is 0 Å². The second kappa shape index (κ2) is 7.07. The highest BCUT2D eigenvalue weighted by Crippen LogP contribution is 2.40. The Morgan fingerprint density at radius 2 is 1.67 bits per heavy atom. The van der Waals surface area contributed by atoms with E-state index in [1.54, 1.807) is 30.3 Å². The average molecular weight is 393 g/mol. The fourth-order valence-corrected chi connectivity index (χ4v) is 3.52. The van der Waals surface area contributed by atoms with Crippen molar-refractivity contribution in [3.63, 3.8) is 0 Å². The molecule has 2 unspecified atom stereocenters. The second-order valence-electron chi connectivity index (χ2n) is 4.56. The monoisotopic (exact) mass is 391 g/mol. The minimum atomic E-state index is -1.16. The summed E-state index contributed by atoms with van der Waals surface area (Å²) in [5, 5.41) is 11.4. The van der Waals surface area contributed by atoms with Gasteiger partial charge in [-0.25, -0.2) is 4.39 Å². The molecule has 2 nitrogen and oxygen atoms in total. The van der Waals surface area contributed by atoms with Gasteiger partial charge in [-0.2, -0.15) is 0 Å². The van der Waals surface area contributed by atoms with Gasteiger partial charge in [0.15, 0.2) is 0 Å². The molecule has 2 aromatic rings. The molecule has 0 saturated heterocycles. The van der Waals surface area contributed by atoms with Crippen molar-refractivity contribution in [1.82, 2.24) is 0 Å². The first-order valence-electron chi connectivity index (χ1n) is 6.23. The standard InChI is InChI=1S/C15H13BrCl2FNO/c16-9-3-1-6-12(19)14(9)15(21)8(7-20)13-10(17)4-2-5-11(13)18/h1-6,8,15,21H,7,20H2. The van der Waals surface area contributed by atoms with Crippen molar-refractivity contribution in [1.29, 1.82) is 0 Å². The first kappa shape index (κ1) is 16.7. The van der Waals surface area contributed by atoms with Crippen molar-refractivity contribution in [2.45, 2.75) is 12.0 Å². The number of benzene rings is 2. The molecule has 2 atom stereocenters. The van der Waals surface area contributed by atoms with Crippen molar-refractivity contribution in [3.05, 3.63) is 67.9 Å². The first-order chi connectivity index (χ1) is 9.97. The molecule has 0 aliphatic heterocycles. The Morgan fingerprint density at radius 1 is 1.10 bits per heavy atom. The summed E-state index contributed by atoms with van der Waals surface area (Å²) in [6, 6.07) is 9.51. The van der Waals surface area contributed by atoms with Crippen LogP contribution in [0.1, 0.15) is 23.1 Å². The van der Waals surface area contributed by atoms with Gasteiger partial charge in [0.1, 0.15) is 5.82 Å².